The van der Waals surface area contributed by atoms with E-state index in [0.717, 1.165) is 5.56 Å². The number of carbonyl (C=O) groups is 1. The second kappa shape index (κ2) is 5.59. The minimum atomic E-state index is 0.0390. The number of carbonyl (C=O) groups excluding carboxylic acids is 1. The van der Waals surface area contributed by atoms with Crippen LogP contribution in [0.4, 0.5) is 0 Å². The summed E-state index contributed by atoms with van der Waals surface area (Å²) in [5, 5.41) is 1.77. The number of hydrogen-bond acceptors (Lipinski definition) is 3. The van der Waals surface area contributed by atoms with Crippen LogP contribution in [-0.4, -0.2) is 10.4 Å². The summed E-state index contributed by atoms with van der Waals surface area (Å²) in [6, 6.07) is 9.24. The zero-order valence-corrected chi connectivity index (χ0v) is 10.2. The zero-order valence-electron chi connectivity index (χ0n) is 9.33. The Morgan fingerprint density at radius 2 is 2.00 bits per heavy atom. The summed E-state index contributed by atoms with van der Waals surface area (Å²) in [7, 11) is 0. The Balaban J connectivity index is 1.86. The van der Waals surface area contributed by atoms with Gasteiger partial charge in [0.15, 0.2) is 5.78 Å². The normalized spacial score (nSPS) is 10.4. The minimum absolute atomic E-state index is 0.0390. The van der Waals surface area contributed by atoms with Crippen LogP contribution in [0, 0.1) is 0 Å². The molecule has 88 valence electrons. The van der Waals surface area contributed by atoms with E-state index in [-0.39, 0.29) is 10.7 Å². The van der Waals surface area contributed by atoms with Gasteiger partial charge in [0.25, 0.3) is 0 Å². The molecule has 0 saturated heterocycles. The number of Topliss-reactive ketones (excluding diaryl/α,β-unsaturated/α-hetero) is 1. The van der Waals surface area contributed by atoms with Crippen LogP contribution >= 0.6 is 11.3 Å². The molecule has 0 aliphatic carbocycles. The molecule has 0 atom stereocenters. The fraction of sp³-hybridized carbons (Fsp3) is 0.231. The first-order valence-corrected chi connectivity index (χ1v) is 6.37. The number of ketones is 1. The lowest BCUT2D eigenvalue weighted by atomic mass is 10.1. The molecule has 2 aromatic rings. The molecule has 0 aliphatic heterocycles. The third-order valence-electron chi connectivity index (χ3n) is 2.54. The van der Waals surface area contributed by atoms with Crippen molar-refractivity contribution < 1.29 is 4.79 Å². The molecule has 1 aromatic carbocycles. The van der Waals surface area contributed by atoms with E-state index in [1.807, 2.05) is 30.3 Å². The molecule has 3 nitrogen and oxygen atoms in total. The van der Waals surface area contributed by atoms with E-state index in [1.165, 1.54) is 11.3 Å². The number of rotatable bonds is 5. The van der Waals surface area contributed by atoms with Gasteiger partial charge in [-0.05, 0) is 6.42 Å². The second-order valence-electron chi connectivity index (χ2n) is 3.76. The van der Waals surface area contributed by atoms with Crippen LogP contribution < -0.4 is 4.87 Å². The Kier molecular flexibility index (Phi) is 3.88. The molecule has 0 fully saturated rings. The number of nitrogens with zero attached hydrogens (tertiary/aromatic N) is 1. The molecule has 0 spiro atoms. The van der Waals surface area contributed by atoms with Crippen molar-refractivity contribution in [2.24, 2.45) is 0 Å². The van der Waals surface area contributed by atoms with Crippen LogP contribution in [0.5, 0.6) is 0 Å². The van der Waals surface area contributed by atoms with Crippen molar-refractivity contribution in [1.29, 1.82) is 0 Å². The predicted molar refractivity (Wildman–Crippen MR) is 68.6 cm³/mol. The summed E-state index contributed by atoms with van der Waals surface area (Å²) in [6.07, 6.45) is 2.94. The van der Waals surface area contributed by atoms with Crippen molar-refractivity contribution in [3.8, 4) is 0 Å². The van der Waals surface area contributed by atoms with Gasteiger partial charge in [-0.15, -0.1) is 0 Å². The van der Waals surface area contributed by atoms with Gasteiger partial charge in [0, 0.05) is 30.1 Å². The standard InChI is InChI=1S/C13H13NO2S/c15-12(11-5-2-1-3-6-11)7-4-8-14-9-10-17-13(14)16/h1-3,5-6,9-10H,4,7-8H2. The predicted octanol–water partition coefficient (Wildman–Crippen LogP) is 2.57. The molecule has 0 bridgehead atoms. The van der Waals surface area contributed by atoms with Crippen LogP contribution in [0.15, 0.2) is 46.7 Å². The molecule has 1 aromatic heterocycles. The number of benzene rings is 1. The van der Waals surface area contributed by atoms with Crippen molar-refractivity contribution in [3.63, 3.8) is 0 Å². The molecular weight excluding hydrogens is 234 g/mol. The zero-order chi connectivity index (χ0) is 12.1. The van der Waals surface area contributed by atoms with Crippen LogP contribution in [0.25, 0.3) is 0 Å². The van der Waals surface area contributed by atoms with Gasteiger partial charge in [0.2, 0.25) is 0 Å². The van der Waals surface area contributed by atoms with Crippen molar-refractivity contribution in [2.45, 2.75) is 19.4 Å². The van der Waals surface area contributed by atoms with E-state index in [0.29, 0.717) is 19.4 Å². The van der Waals surface area contributed by atoms with Gasteiger partial charge in [0.05, 0.1) is 0 Å². The smallest absolute Gasteiger partial charge is 0.306 e. The van der Waals surface area contributed by atoms with Crippen LogP contribution in [0.3, 0.4) is 0 Å². The summed E-state index contributed by atoms with van der Waals surface area (Å²) in [6.45, 7) is 0.612. The highest BCUT2D eigenvalue weighted by Crippen LogP contribution is 2.05. The molecule has 0 saturated carbocycles. The summed E-state index contributed by atoms with van der Waals surface area (Å²) in [5.41, 5.74) is 0.741. The summed E-state index contributed by atoms with van der Waals surface area (Å²) < 4.78 is 1.64. The Hall–Kier alpha value is -1.68. The molecule has 0 unspecified atom stereocenters. The second-order valence-corrected chi connectivity index (χ2v) is 4.61. The van der Waals surface area contributed by atoms with Gasteiger partial charge in [-0.2, -0.15) is 0 Å². The first kappa shape index (κ1) is 11.8. The molecule has 0 radical (unpaired) electrons. The van der Waals surface area contributed by atoms with Gasteiger partial charge in [-0.3, -0.25) is 9.59 Å². The Morgan fingerprint density at radius 1 is 1.24 bits per heavy atom. The van der Waals surface area contributed by atoms with E-state index >= 15 is 0 Å². The van der Waals surface area contributed by atoms with Crippen LogP contribution in [-0.2, 0) is 6.54 Å². The Morgan fingerprint density at radius 3 is 2.65 bits per heavy atom. The number of thiazole rings is 1. The maximum absolute atomic E-state index is 11.8. The van der Waals surface area contributed by atoms with Gasteiger partial charge in [-0.25, -0.2) is 0 Å². The van der Waals surface area contributed by atoms with Gasteiger partial charge < -0.3 is 4.57 Å². The van der Waals surface area contributed by atoms with Gasteiger partial charge >= 0.3 is 4.87 Å². The third-order valence-corrected chi connectivity index (χ3v) is 3.24. The maximum atomic E-state index is 11.8. The van der Waals surface area contributed by atoms with Crippen molar-refractivity contribution >= 4 is 17.1 Å². The fourth-order valence-electron chi connectivity index (χ4n) is 1.63. The first-order chi connectivity index (χ1) is 8.27. The topological polar surface area (TPSA) is 39.1 Å². The lowest BCUT2D eigenvalue weighted by molar-refractivity contribution is 0.0978. The molecule has 1 heterocycles. The van der Waals surface area contributed by atoms with Gasteiger partial charge in [0.1, 0.15) is 0 Å². The third kappa shape index (κ3) is 3.14. The molecular formula is C13H13NO2S. The lowest BCUT2D eigenvalue weighted by Crippen LogP contribution is -2.12. The van der Waals surface area contributed by atoms with E-state index in [9.17, 15) is 9.59 Å². The molecule has 17 heavy (non-hydrogen) atoms. The largest absolute Gasteiger partial charge is 0.307 e. The fourth-order valence-corrected chi connectivity index (χ4v) is 2.25. The number of hydrogen-bond donors (Lipinski definition) is 0. The van der Waals surface area contributed by atoms with E-state index in [1.54, 1.807) is 16.1 Å². The number of aromatic nitrogens is 1. The quantitative estimate of drug-likeness (QED) is 0.762. The Labute approximate surface area is 103 Å². The molecule has 4 heteroatoms. The summed E-state index contributed by atoms with van der Waals surface area (Å²) in [4.78, 5) is 23.1. The molecule has 0 aliphatic rings. The molecule has 2 rings (SSSR count). The average molecular weight is 247 g/mol. The first-order valence-electron chi connectivity index (χ1n) is 5.49. The highest BCUT2D eigenvalue weighted by atomic mass is 32.1. The number of aryl methyl sites for hydroxylation is 1. The Bertz CT molecular complexity index is 542. The van der Waals surface area contributed by atoms with Crippen molar-refractivity contribution in [3.05, 3.63) is 57.1 Å². The average Bonchev–Trinajstić information content (AvgIpc) is 2.76. The lowest BCUT2D eigenvalue weighted by Gasteiger charge is -2.01. The molecule has 0 N–H and O–H groups in total. The van der Waals surface area contributed by atoms with Crippen molar-refractivity contribution in [2.75, 3.05) is 0 Å². The van der Waals surface area contributed by atoms with Crippen molar-refractivity contribution in [1.82, 2.24) is 4.57 Å². The maximum Gasteiger partial charge on any atom is 0.307 e. The highest BCUT2D eigenvalue weighted by Gasteiger charge is 2.05. The summed E-state index contributed by atoms with van der Waals surface area (Å²) in [5.74, 6) is 0.133. The van der Waals surface area contributed by atoms with E-state index < -0.39 is 0 Å². The molecule has 0 amide bonds. The van der Waals surface area contributed by atoms with Crippen LogP contribution in [0.1, 0.15) is 23.2 Å². The minimum Gasteiger partial charge on any atom is -0.306 e. The van der Waals surface area contributed by atoms with E-state index in [4.69, 9.17) is 0 Å². The van der Waals surface area contributed by atoms with Gasteiger partial charge in [-0.1, -0.05) is 41.7 Å². The SMILES string of the molecule is O=C(CCCn1ccsc1=O)c1ccccc1. The highest BCUT2D eigenvalue weighted by molar-refractivity contribution is 7.07. The summed E-state index contributed by atoms with van der Waals surface area (Å²) >= 11 is 1.18. The van der Waals surface area contributed by atoms with E-state index in [2.05, 4.69) is 0 Å². The monoisotopic (exact) mass is 247 g/mol. The van der Waals surface area contributed by atoms with Crippen LogP contribution in [0.2, 0.25) is 0 Å².